The Morgan fingerprint density at radius 2 is 1.50 bits per heavy atom. The van der Waals surface area contributed by atoms with Crippen LogP contribution in [0.4, 0.5) is 0 Å². The van der Waals surface area contributed by atoms with Gasteiger partial charge >= 0.3 is 6.92 Å². The molecule has 118 valence electrons. The van der Waals surface area contributed by atoms with Crippen LogP contribution in [0.2, 0.25) is 0 Å². The summed E-state index contributed by atoms with van der Waals surface area (Å²) in [5, 5.41) is 0. The molecule has 0 aromatic heterocycles. The van der Waals surface area contributed by atoms with E-state index in [1.165, 1.54) is 16.5 Å². The number of benzene rings is 2. The van der Waals surface area contributed by atoms with Crippen LogP contribution in [0.15, 0.2) is 54.6 Å². The molecule has 0 bridgehead atoms. The Hall–Kier alpha value is -1.58. The standard InChI is InChI=1S/C18H24BNO.CH4/c1-4-16-10-12-18(13-11-16)19(21-15-14-20(2)3)17-8-6-5-7-9-17;/h5-13H,4,14-15H2,1-3H3;1H4. The summed E-state index contributed by atoms with van der Waals surface area (Å²) in [4.78, 5) is 2.14. The minimum absolute atomic E-state index is 0. The summed E-state index contributed by atoms with van der Waals surface area (Å²) in [5.41, 5.74) is 3.79. The highest BCUT2D eigenvalue weighted by Gasteiger charge is 2.20. The van der Waals surface area contributed by atoms with Gasteiger partial charge in [0.15, 0.2) is 0 Å². The molecule has 2 aromatic carbocycles. The van der Waals surface area contributed by atoms with Crippen molar-refractivity contribution in [3.05, 3.63) is 60.2 Å². The van der Waals surface area contributed by atoms with Crippen LogP contribution in [-0.2, 0) is 11.1 Å². The lowest BCUT2D eigenvalue weighted by Gasteiger charge is -2.17. The van der Waals surface area contributed by atoms with Crippen molar-refractivity contribution < 1.29 is 4.65 Å². The van der Waals surface area contributed by atoms with Crippen LogP contribution >= 0.6 is 0 Å². The molecular formula is C19H28BNO. The van der Waals surface area contributed by atoms with Crippen molar-refractivity contribution in [2.45, 2.75) is 20.8 Å². The molecule has 0 fully saturated rings. The molecule has 0 N–H and O–H groups in total. The van der Waals surface area contributed by atoms with Gasteiger partial charge in [0.05, 0.1) is 0 Å². The van der Waals surface area contributed by atoms with Crippen LogP contribution in [0.25, 0.3) is 0 Å². The maximum atomic E-state index is 6.16. The van der Waals surface area contributed by atoms with Crippen LogP contribution < -0.4 is 10.9 Å². The minimum Gasteiger partial charge on any atom is -0.426 e. The van der Waals surface area contributed by atoms with Crippen molar-refractivity contribution in [1.82, 2.24) is 4.90 Å². The molecule has 0 atom stereocenters. The first-order chi connectivity index (χ1) is 10.2. The highest BCUT2D eigenvalue weighted by Crippen LogP contribution is 2.00. The summed E-state index contributed by atoms with van der Waals surface area (Å²) in [6, 6.07) is 19.2. The van der Waals surface area contributed by atoms with Crippen molar-refractivity contribution in [3.8, 4) is 0 Å². The van der Waals surface area contributed by atoms with Crippen LogP contribution in [0.3, 0.4) is 0 Å². The second-order valence-electron chi connectivity index (χ2n) is 5.56. The highest BCUT2D eigenvalue weighted by atomic mass is 16.4. The Morgan fingerprint density at radius 3 is 2.05 bits per heavy atom. The van der Waals surface area contributed by atoms with Crippen LogP contribution in [0.1, 0.15) is 19.9 Å². The lowest BCUT2D eigenvalue weighted by molar-refractivity contribution is 0.269. The average molecular weight is 297 g/mol. The van der Waals surface area contributed by atoms with Crippen LogP contribution in [0.5, 0.6) is 0 Å². The minimum atomic E-state index is 0. The van der Waals surface area contributed by atoms with Gasteiger partial charge in [-0.3, -0.25) is 0 Å². The lowest BCUT2D eigenvalue weighted by Crippen LogP contribution is -2.46. The van der Waals surface area contributed by atoms with Gasteiger partial charge in [0.1, 0.15) is 0 Å². The molecule has 2 nitrogen and oxygen atoms in total. The Balaban J connectivity index is 0.00000242. The number of aryl methyl sites for hydroxylation is 1. The molecule has 0 aliphatic carbocycles. The molecule has 0 radical (unpaired) electrons. The maximum Gasteiger partial charge on any atom is 0.361 e. The van der Waals surface area contributed by atoms with Gasteiger partial charge in [0.2, 0.25) is 0 Å². The van der Waals surface area contributed by atoms with Gasteiger partial charge in [0, 0.05) is 13.2 Å². The van der Waals surface area contributed by atoms with E-state index in [-0.39, 0.29) is 14.3 Å². The predicted octanol–water partition coefficient (Wildman–Crippen LogP) is 2.57. The quantitative estimate of drug-likeness (QED) is 0.728. The van der Waals surface area contributed by atoms with Crippen molar-refractivity contribution >= 4 is 17.8 Å². The van der Waals surface area contributed by atoms with Gasteiger partial charge < -0.3 is 9.55 Å². The Kier molecular flexibility index (Phi) is 7.93. The molecule has 22 heavy (non-hydrogen) atoms. The molecule has 0 aliphatic heterocycles. The number of hydrogen-bond donors (Lipinski definition) is 0. The first-order valence-corrected chi connectivity index (χ1v) is 7.61. The number of rotatable bonds is 7. The van der Waals surface area contributed by atoms with Crippen molar-refractivity contribution in [2.24, 2.45) is 0 Å². The second-order valence-corrected chi connectivity index (χ2v) is 5.56. The average Bonchev–Trinajstić information content (AvgIpc) is 2.52. The monoisotopic (exact) mass is 297 g/mol. The van der Waals surface area contributed by atoms with Gasteiger partial charge in [-0.1, -0.05) is 68.9 Å². The molecule has 0 unspecified atom stereocenters. The fourth-order valence-electron chi connectivity index (χ4n) is 2.29. The van der Waals surface area contributed by atoms with Gasteiger partial charge in [0.25, 0.3) is 0 Å². The molecular weight excluding hydrogens is 269 g/mol. The fourth-order valence-corrected chi connectivity index (χ4v) is 2.29. The molecule has 0 aliphatic rings. The molecule has 0 spiro atoms. The molecule has 0 heterocycles. The van der Waals surface area contributed by atoms with E-state index in [0.717, 1.165) is 19.6 Å². The SMILES string of the molecule is C.CCc1ccc(B(OCCN(C)C)c2ccccc2)cc1. The predicted molar refractivity (Wildman–Crippen MR) is 98.5 cm³/mol. The van der Waals surface area contributed by atoms with Crippen molar-refractivity contribution in [2.75, 3.05) is 27.2 Å². The Labute approximate surface area is 136 Å². The molecule has 2 aromatic rings. The third-order valence-electron chi connectivity index (χ3n) is 3.62. The third kappa shape index (κ3) is 5.32. The molecule has 2 rings (SSSR count). The fraction of sp³-hybridized carbons (Fsp3) is 0.368. The van der Waals surface area contributed by atoms with Crippen molar-refractivity contribution in [3.63, 3.8) is 0 Å². The first-order valence-electron chi connectivity index (χ1n) is 7.61. The highest BCUT2D eigenvalue weighted by molar-refractivity contribution is 6.80. The first kappa shape index (κ1) is 18.5. The van der Waals surface area contributed by atoms with E-state index in [4.69, 9.17) is 4.65 Å². The zero-order valence-electron chi connectivity index (χ0n) is 13.3. The number of nitrogens with zero attached hydrogens (tertiary/aromatic N) is 1. The summed E-state index contributed by atoms with van der Waals surface area (Å²) < 4.78 is 6.16. The summed E-state index contributed by atoms with van der Waals surface area (Å²) in [6.45, 7) is 3.84. The van der Waals surface area contributed by atoms with E-state index in [1.807, 2.05) is 6.07 Å². The number of likely N-dealkylation sites (N-methyl/N-ethyl adjacent to an activating group) is 1. The summed E-state index contributed by atoms with van der Waals surface area (Å²) in [5.74, 6) is 0. The second kappa shape index (κ2) is 9.44. The van der Waals surface area contributed by atoms with E-state index >= 15 is 0 Å². The smallest absolute Gasteiger partial charge is 0.361 e. The maximum absolute atomic E-state index is 6.16. The van der Waals surface area contributed by atoms with E-state index < -0.39 is 0 Å². The molecule has 0 amide bonds. The summed E-state index contributed by atoms with van der Waals surface area (Å²) in [7, 11) is 4.13. The number of hydrogen-bond acceptors (Lipinski definition) is 2. The normalized spacial score (nSPS) is 10.4. The third-order valence-corrected chi connectivity index (χ3v) is 3.62. The summed E-state index contributed by atoms with van der Waals surface area (Å²) in [6.07, 6.45) is 1.07. The van der Waals surface area contributed by atoms with Gasteiger partial charge in [-0.05, 0) is 37.0 Å². The van der Waals surface area contributed by atoms with Gasteiger partial charge in [-0.15, -0.1) is 0 Å². The molecule has 0 saturated carbocycles. The van der Waals surface area contributed by atoms with E-state index in [2.05, 4.69) is 74.4 Å². The van der Waals surface area contributed by atoms with Crippen LogP contribution in [0, 0.1) is 0 Å². The zero-order valence-corrected chi connectivity index (χ0v) is 13.3. The van der Waals surface area contributed by atoms with E-state index in [1.54, 1.807) is 0 Å². The van der Waals surface area contributed by atoms with Gasteiger partial charge in [-0.25, -0.2) is 0 Å². The van der Waals surface area contributed by atoms with Crippen LogP contribution in [-0.4, -0.2) is 39.1 Å². The topological polar surface area (TPSA) is 12.5 Å². The summed E-state index contributed by atoms with van der Waals surface area (Å²) >= 11 is 0. The molecule has 0 saturated heterocycles. The van der Waals surface area contributed by atoms with Crippen molar-refractivity contribution in [1.29, 1.82) is 0 Å². The Morgan fingerprint density at radius 1 is 0.909 bits per heavy atom. The van der Waals surface area contributed by atoms with E-state index in [9.17, 15) is 0 Å². The van der Waals surface area contributed by atoms with E-state index in [0.29, 0.717) is 0 Å². The molecule has 3 heteroatoms. The zero-order chi connectivity index (χ0) is 15.1. The largest absolute Gasteiger partial charge is 0.426 e. The van der Waals surface area contributed by atoms with Gasteiger partial charge in [-0.2, -0.15) is 0 Å². The Bertz CT molecular complexity index is 525. The lowest BCUT2D eigenvalue weighted by atomic mass is 9.55.